The van der Waals surface area contributed by atoms with E-state index in [1.54, 1.807) is 6.20 Å². The quantitative estimate of drug-likeness (QED) is 0.192. The molecule has 0 unspecified atom stereocenters. The molecule has 0 saturated carbocycles. The summed E-state index contributed by atoms with van der Waals surface area (Å²) in [4.78, 5) is 50.3. The summed E-state index contributed by atoms with van der Waals surface area (Å²) in [6.07, 6.45) is 0.883. The Morgan fingerprint density at radius 2 is 2.03 bits per heavy atom. The predicted octanol–water partition coefficient (Wildman–Crippen LogP) is 3.58. The summed E-state index contributed by atoms with van der Waals surface area (Å²) in [5.41, 5.74) is 1.58. The molecule has 0 aliphatic heterocycles. The maximum Gasteiger partial charge on any atom is 0.419 e. The van der Waals surface area contributed by atoms with E-state index in [2.05, 4.69) is 4.98 Å². The zero-order valence-corrected chi connectivity index (χ0v) is 17.1. The third-order valence-electron chi connectivity index (χ3n) is 5.16. The maximum absolute atomic E-state index is 12.7. The van der Waals surface area contributed by atoms with Gasteiger partial charge in [0.1, 0.15) is 0 Å². The van der Waals surface area contributed by atoms with E-state index in [0.29, 0.717) is 11.1 Å². The SMILES string of the molecule is C[C@H](OC(=O)CCCn1c(=O)oc2cc([N+](=O)[O-])ccc21)C(=O)c1c[nH]c2ccccc12. The van der Waals surface area contributed by atoms with Crippen molar-refractivity contribution in [3.63, 3.8) is 0 Å². The Bertz CT molecular complexity index is 1400. The van der Waals surface area contributed by atoms with Crippen molar-refractivity contribution in [2.24, 2.45) is 0 Å². The molecule has 2 aromatic carbocycles. The summed E-state index contributed by atoms with van der Waals surface area (Å²) in [5.74, 6) is -1.55. The van der Waals surface area contributed by atoms with E-state index in [4.69, 9.17) is 9.15 Å². The summed E-state index contributed by atoms with van der Waals surface area (Å²) < 4.78 is 11.6. The van der Waals surface area contributed by atoms with Crippen LogP contribution in [0.5, 0.6) is 0 Å². The summed E-state index contributed by atoms with van der Waals surface area (Å²) in [5, 5.41) is 11.6. The lowest BCUT2D eigenvalue weighted by Crippen LogP contribution is -2.24. The number of fused-ring (bicyclic) bond motifs is 2. The average molecular weight is 437 g/mol. The van der Waals surface area contributed by atoms with Crippen molar-refractivity contribution in [2.45, 2.75) is 32.4 Å². The number of hydrogen-bond acceptors (Lipinski definition) is 7. The number of carbonyl (C=O) groups is 2. The molecular formula is C22H19N3O7. The van der Waals surface area contributed by atoms with Gasteiger partial charge in [0.25, 0.3) is 5.69 Å². The molecule has 0 bridgehead atoms. The van der Waals surface area contributed by atoms with Crippen LogP contribution in [0.1, 0.15) is 30.1 Å². The second-order valence-electron chi connectivity index (χ2n) is 7.28. The van der Waals surface area contributed by atoms with Crippen molar-refractivity contribution in [1.82, 2.24) is 9.55 Å². The Morgan fingerprint density at radius 1 is 1.25 bits per heavy atom. The van der Waals surface area contributed by atoms with E-state index in [-0.39, 0.29) is 36.4 Å². The highest BCUT2D eigenvalue weighted by atomic mass is 16.6. The average Bonchev–Trinajstić information content (AvgIpc) is 3.33. The van der Waals surface area contributed by atoms with Gasteiger partial charge in [-0.15, -0.1) is 0 Å². The molecule has 4 aromatic rings. The van der Waals surface area contributed by atoms with E-state index in [1.807, 2.05) is 24.3 Å². The number of nitro benzene ring substituents is 1. The van der Waals surface area contributed by atoms with Crippen LogP contribution in [-0.4, -0.2) is 32.3 Å². The third-order valence-corrected chi connectivity index (χ3v) is 5.16. The Balaban J connectivity index is 1.36. The first-order valence-electron chi connectivity index (χ1n) is 9.92. The van der Waals surface area contributed by atoms with Gasteiger partial charge in [-0.3, -0.25) is 24.3 Å². The Morgan fingerprint density at radius 3 is 2.81 bits per heavy atom. The first-order valence-corrected chi connectivity index (χ1v) is 9.92. The predicted molar refractivity (Wildman–Crippen MR) is 115 cm³/mol. The number of rotatable bonds is 8. The number of aromatic amines is 1. The number of Topliss-reactive ketones (excluding diaryl/α,β-unsaturated/α-hetero) is 1. The number of ether oxygens (including phenoxy) is 1. The molecule has 10 nitrogen and oxygen atoms in total. The number of aromatic nitrogens is 2. The van der Waals surface area contributed by atoms with E-state index in [1.165, 1.54) is 29.7 Å². The minimum Gasteiger partial charge on any atom is -0.454 e. The van der Waals surface area contributed by atoms with E-state index in [9.17, 15) is 24.5 Å². The van der Waals surface area contributed by atoms with Crippen molar-refractivity contribution in [1.29, 1.82) is 0 Å². The van der Waals surface area contributed by atoms with Crippen LogP contribution in [0.4, 0.5) is 5.69 Å². The fourth-order valence-corrected chi connectivity index (χ4v) is 3.57. The van der Waals surface area contributed by atoms with E-state index < -0.39 is 22.8 Å². The minimum atomic E-state index is -0.959. The van der Waals surface area contributed by atoms with Gasteiger partial charge in [0.2, 0.25) is 5.78 Å². The highest BCUT2D eigenvalue weighted by molar-refractivity contribution is 6.10. The molecule has 0 fully saturated rings. The topological polar surface area (TPSA) is 137 Å². The van der Waals surface area contributed by atoms with Crippen LogP contribution in [-0.2, 0) is 16.1 Å². The molecule has 2 heterocycles. The molecule has 0 amide bonds. The van der Waals surface area contributed by atoms with Gasteiger partial charge in [0, 0.05) is 41.7 Å². The summed E-state index contributed by atoms with van der Waals surface area (Å²) in [6, 6.07) is 11.2. The first-order chi connectivity index (χ1) is 15.3. The van der Waals surface area contributed by atoms with E-state index in [0.717, 1.165) is 10.9 Å². The molecule has 4 rings (SSSR count). The molecule has 0 aliphatic carbocycles. The summed E-state index contributed by atoms with van der Waals surface area (Å²) in [6.45, 7) is 1.67. The van der Waals surface area contributed by atoms with Crippen LogP contribution >= 0.6 is 0 Å². The fourth-order valence-electron chi connectivity index (χ4n) is 3.57. The lowest BCUT2D eigenvalue weighted by Gasteiger charge is -2.12. The lowest BCUT2D eigenvalue weighted by atomic mass is 10.1. The van der Waals surface area contributed by atoms with Crippen molar-refractivity contribution in [3.8, 4) is 0 Å². The Labute approximate surface area is 180 Å². The van der Waals surface area contributed by atoms with Gasteiger partial charge >= 0.3 is 11.7 Å². The van der Waals surface area contributed by atoms with E-state index >= 15 is 0 Å². The zero-order valence-electron chi connectivity index (χ0n) is 17.1. The van der Waals surface area contributed by atoms with Crippen LogP contribution < -0.4 is 5.76 Å². The number of non-ortho nitro benzene ring substituents is 1. The summed E-state index contributed by atoms with van der Waals surface area (Å²) in [7, 11) is 0. The van der Waals surface area contributed by atoms with Crippen molar-refractivity contribution in [2.75, 3.05) is 0 Å². The number of carbonyl (C=O) groups excluding carboxylic acids is 2. The Kier molecular flexibility index (Phi) is 5.59. The largest absolute Gasteiger partial charge is 0.454 e. The van der Waals surface area contributed by atoms with Gasteiger partial charge in [-0.2, -0.15) is 0 Å². The maximum atomic E-state index is 12.7. The van der Waals surface area contributed by atoms with Crippen molar-refractivity contribution >= 4 is 39.4 Å². The molecule has 1 atom stereocenters. The minimum absolute atomic E-state index is 0.0163. The Hall–Kier alpha value is -4.21. The van der Waals surface area contributed by atoms with Crippen LogP contribution in [0.15, 0.2) is 57.9 Å². The molecule has 0 spiro atoms. The smallest absolute Gasteiger partial charge is 0.419 e. The van der Waals surface area contributed by atoms with Gasteiger partial charge in [0.15, 0.2) is 11.7 Å². The first kappa shape index (κ1) is 21.0. The number of para-hydroxylation sites is 1. The second kappa shape index (κ2) is 8.50. The van der Waals surface area contributed by atoms with Gasteiger partial charge in [-0.25, -0.2) is 4.79 Å². The molecule has 32 heavy (non-hydrogen) atoms. The van der Waals surface area contributed by atoms with Gasteiger partial charge in [-0.05, 0) is 25.5 Å². The molecule has 10 heteroatoms. The standard InChI is InChI=1S/C22H19N3O7/c1-13(21(27)16-12-23-17-6-3-2-5-15(16)17)31-20(26)7-4-10-24-18-9-8-14(25(29)30)11-19(18)32-22(24)28/h2-3,5-6,8-9,11-13,23H,4,7,10H2,1H3/t13-/m0/s1. The fraction of sp³-hybridized carbons (Fsp3) is 0.227. The number of oxazole rings is 1. The van der Waals surface area contributed by atoms with Crippen molar-refractivity contribution < 1.29 is 23.7 Å². The number of H-pyrrole nitrogens is 1. The number of ketones is 1. The highest BCUT2D eigenvalue weighted by Crippen LogP contribution is 2.21. The van der Waals surface area contributed by atoms with Crippen LogP contribution in [0.2, 0.25) is 0 Å². The second-order valence-corrected chi connectivity index (χ2v) is 7.28. The van der Waals surface area contributed by atoms with Crippen molar-refractivity contribution in [3.05, 3.63) is 74.9 Å². The normalized spacial score (nSPS) is 12.2. The number of nitrogens with one attached hydrogen (secondary N) is 1. The number of nitro groups is 1. The monoisotopic (exact) mass is 437 g/mol. The number of benzene rings is 2. The number of aryl methyl sites for hydroxylation is 1. The zero-order chi connectivity index (χ0) is 22.8. The van der Waals surface area contributed by atoms with Gasteiger partial charge in [0.05, 0.1) is 16.5 Å². The molecule has 0 saturated heterocycles. The molecule has 0 aliphatic rings. The van der Waals surface area contributed by atoms with Crippen LogP contribution in [0, 0.1) is 10.1 Å². The molecular weight excluding hydrogens is 418 g/mol. The lowest BCUT2D eigenvalue weighted by molar-refractivity contribution is -0.384. The molecule has 1 N–H and O–H groups in total. The molecule has 0 radical (unpaired) electrons. The number of esters is 1. The number of hydrogen-bond donors (Lipinski definition) is 1. The van der Waals surface area contributed by atoms with Gasteiger partial charge < -0.3 is 14.1 Å². The van der Waals surface area contributed by atoms with Crippen LogP contribution in [0.25, 0.3) is 22.0 Å². The summed E-state index contributed by atoms with van der Waals surface area (Å²) >= 11 is 0. The molecule has 164 valence electrons. The highest BCUT2D eigenvalue weighted by Gasteiger charge is 2.22. The number of nitrogens with zero attached hydrogens (tertiary/aromatic N) is 2. The molecule has 2 aromatic heterocycles. The third kappa shape index (κ3) is 4.02. The van der Waals surface area contributed by atoms with Gasteiger partial charge in [-0.1, -0.05) is 18.2 Å². The van der Waals surface area contributed by atoms with Crippen LogP contribution in [0.3, 0.4) is 0 Å².